The second kappa shape index (κ2) is 8.47. The third kappa shape index (κ3) is 5.29. The van der Waals surface area contributed by atoms with E-state index in [-0.39, 0.29) is 42.7 Å². The molecule has 0 heterocycles. The van der Waals surface area contributed by atoms with Crippen LogP contribution in [0.2, 0.25) is 0 Å². The molecule has 0 bridgehead atoms. The Morgan fingerprint density at radius 1 is 1.05 bits per heavy atom. The first kappa shape index (κ1) is 17.2. The maximum absolute atomic E-state index is 11.8. The third-order valence-electron chi connectivity index (χ3n) is 4.24. The van der Waals surface area contributed by atoms with Crippen LogP contribution in [0.15, 0.2) is 0 Å². The molecule has 2 amide bonds. The number of rotatable bonds is 4. The first-order chi connectivity index (χ1) is 9.15. The summed E-state index contributed by atoms with van der Waals surface area (Å²) in [6, 6.07) is 0.449. The van der Waals surface area contributed by atoms with Gasteiger partial charge < -0.3 is 16.4 Å². The largest absolute Gasteiger partial charge is 0.352 e. The van der Waals surface area contributed by atoms with Gasteiger partial charge in [-0.05, 0) is 32.1 Å². The molecule has 0 aromatic heterocycles. The highest BCUT2D eigenvalue weighted by Crippen LogP contribution is 2.23. The topological polar surface area (TPSA) is 84.2 Å². The van der Waals surface area contributed by atoms with Crippen LogP contribution in [0.4, 0.5) is 0 Å². The summed E-state index contributed by atoms with van der Waals surface area (Å²) < 4.78 is 0. The summed E-state index contributed by atoms with van der Waals surface area (Å²) >= 11 is 0. The maximum Gasteiger partial charge on any atom is 0.239 e. The van der Waals surface area contributed by atoms with Crippen molar-refractivity contribution in [3.8, 4) is 0 Å². The minimum Gasteiger partial charge on any atom is -0.352 e. The summed E-state index contributed by atoms with van der Waals surface area (Å²) in [5.74, 6) is -0.0910. The van der Waals surface area contributed by atoms with Crippen LogP contribution < -0.4 is 16.4 Å². The third-order valence-corrected chi connectivity index (χ3v) is 4.24. The van der Waals surface area contributed by atoms with E-state index >= 15 is 0 Å². The molecule has 0 radical (unpaired) electrons. The fraction of sp³-hybridized carbons (Fsp3) is 0.857. The van der Waals surface area contributed by atoms with Gasteiger partial charge in [0.1, 0.15) is 0 Å². The van der Waals surface area contributed by atoms with Gasteiger partial charge in [-0.1, -0.05) is 19.3 Å². The van der Waals surface area contributed by atoms with Gasteiger partial charge in [-0.25, -0.2) is 0 Å². The minimum atomic E-state index is -0.0671. The zero-order valence-corrected chi connectivity index (χ0v) is 12.7. The Hall–Kier alpha value is -0.810. The highest BCUT2D eigenvalue weighted by molar-refractivity contribution is 5.86. The van der Waals surface area contributed by atoms with Gasteiger partial charge >= 0.3 is 0 Å². The summed E-state index contributed by atoms with van der Waals surface area (Å²) in [6.45, 7) is 0.0983. The Kier molecular flexibility index (Phi) is 7.30. The molecule has 2 atom stereocenters. The summed E-state index contributed by atoms with van der Waals surface area (Å²) in [5.41, 5.74) is 5.78. The van der Waals surface area contributed by atoms with E-state index in [1.165, 1.54) is 19.3 Å². The van der Waals surface area contributed by atoms with Crippen molar-refractivity contribution in [1.29, 1.82) is 0 Å². The Balaban J connectivity index is 0.00000200. The van der Waals surface area contributed by atoms with E-state index in [1.807, 2.05) is 0 Å². The molecule has 2 aliphatic carbocycles. The lowest BCUT2D eigenvalue weighted by Crippen LogP contribution is -2.43. The average Bonchev–Trinajstić information content (AvgIpc) is 2.84. The molecule has 2 unspecified atom stereocenters. The predicted octanol–water partition coefficient (Wildman–Crippen LogP) is 1.10. The Bertz CT molecular complexity index is 332. The van der Waals surface area contributed by atoms with Gasteiger partial charge in [-0.3, -0.25) is 9.59 Å². The van der Waals surface area contributed by atoms with Crippen LogP contribution >= 0.6 is 12.4 Å². The van der Waals surface area contributed by atoms with E-state index in [0.717, 1.165) is 32.1 Å². The molecule has 116 valence electrons. The van der Waals surface area contributed by atoms with E-state index in [0.29, 0.717) is 6.04 Å². The summed E-state index contributed by atoms with van der Waals surface area (Å²) in [4.78, 5) is 23.6. The molecule has 0 aromatic rings. The van der Waals surface area contributed by atoms with Gasteiger partial charge in [0.15, 0.2) is 0 Å². The SMILES string of the molecule is Cl.NC1CCC(C(=O)NCC(=O)NC2CCCCC2)C1. The highest BCUT2D eigenvalue weighted by atomic mass is 35.5. The lowest BCUT2D eigenvalue weighted by atomic mass is 9.95. The summed E-state index contributed by atoms with van der Waals surface area (Å²) in [7, 11) is 0. The number of hydrogen-bond acceptors (Lipinski definition) is 3. The lowest BCUT2D eigenvalue weighted by Gasteiger charge is -2.23. The highest BCUT2D eigenvalue weighted by Gasteiger charge is 2.27. The molecule has 2 saturated carbocycles. The molecular weight excluding hydrogens is 278 g/mol. The number of nitrogens with two attached hydrogens (primary N) is 1. The molecule has 0 spiro atoms. The molecule has 0 saturated heterocycles. The Labute approximate surface area is 126 Å². The van der Waals surface area contributed by atoms with Crippen LogP contribution in [0.25, 0.3) is 0 Å². The van der Waals surface area contributed by atoms with Gasteiger partial charge in [0, 0.05) is 18.0 Å². The van der Waals surface area contributed by atoms with E-state index in [1.54, 1.807) is 0 Å². The summed E-state index contributed by atoms with van der Waals surface area (Å²) in [5, 5.41) is 5.72. The normalized spacial score (nSPS) is 26.6. The smallest absolute Gasteiger partial charge is 0.239 e. The maximum atomic E-state index is 11.8. The van der Waals surface area contributed by atoms with Crippen LogP contribution in [-0.2, 0) is 9.59 Å². The van der Waals surface area contributed by atoms with Gasteiger partial charge in [0.25, 0.3) is 0 Å². The first-order valence-corrected chi connectivity index (χ1v) is 7.48. The molecule has 20 heavy (non-hydrogen) atoms. The quantitative estimate of drug-likeness (QED) is 0.727. The van der Waals surface area contributed by atoms with Crippen molar-refractivity contribution in [2.45, 2.75) is 63.5 Å². The average molecular weight is 304 g/mol. The fourth-order valence-corrected chi connectivity index (χ4v) is 3.09. The minimum absolute atomic E-state index is 0. The van der Waals surface area contributed by atoms with Crippen LogP contribution in [0.5, 0.6) is 0 Å². The Morgan fingerprint density at radius 3 is 2.35 bits per heavy atom. The monoisotopic (exact) mass is 303 g/mol. The van der Waals surface area contributed by atoms with Gasteiger partial charge in [0.2, 0.25) is 11.8 Å². The Morgan fingerprint density at radius 2 is 1.75 bits per heavy atom. The van der Waals surface area contributed by atoms with Gasteiger partial charge in [-0.2, -0.15) is 0 Å². The number of hydrogen-bond donors (Lipinski definition) is 3. The van der Waals surface area contributed by atoms with Crippen LogP contribution in [0.3, 0.4) is 0 Å². The second-order valence-electron chi connectivity index (χ2n) is 5.89. The van der Waals surface area contributed by atoms with Crippen LogP contribution in [-0.4, -0.2) is 30.4 Å². The first-order valence-electron chi connectivity index (χ1n) is 7.48. The number of nitrogens with one attached hydrogen (secondary N) is 2. The van der Waals surface area contributed by atoms with E-state index in [9.17, 15) is 9.59 Å². The number of halogens is 1. The number of amides is 2. The molecule has 0 aromatic carbocycles. The van der Waals surface area contributed by atoms with Crippen molar-refractivity contribution < 1.29 is 9.59 Å². The number of carbonyl (C=O) groups is 2. The second-order valence-corrected chi connectivity index (χ2v) is 5.89. The molecular formula is C14H26ClN3O2. The fourth-order valence-electron chi connectivity index (χ4n) is 3.09. The van der Waals surface area contributed by atoms with Crippen molar-refractivity contribution in [1.82, 2.24) is 10.6 Å². The molecule has 2 rings (SSSR count). The molecule has 2 aliphatic rings. The van der Waals surface area contributed by atoms with Crippen LogP contribution in [0.1, 0.15) is 51.4 Å². The van der Waals surface area contributed by atoms with Crippen molar-refractivity contribution in [3.63, 3.8) is 0 Å². The van der Waals surface area contributed by atoms with Crippen molar-refractivity contribution in [3.05, 3.63) is 0 Å². The van der Waals surface area contributed by atoms with Crippen molar-refractivity contribution in [2.24, 2.45) is 11.7 Å². The summed E-state index contributed by atoms with van der Waals surface area (Å²) in [6.07, 6.45) is 8.29. The zero-order chi connectivity index (χ0) is 13.7. The zero-order valence-electron chi connectivity index (χ0n) is 11.9. The predicted molar refractivity (Wildman–Crippen MR) is 80.6 cm³/mol. The van der Waals surface area contributed by atoms with Crippen molar-refractivity contribution in [2.75, 3.05) is 6.54 Å². The van der Waals surface area contributed by atoms with E-state index in [4.69, 9.17) is 5.73 Å². The van der Waals surface area contributed by atoms with E-state index in [2.05, 4.69) is 10.6 Å². The lowest BCUT2D eigenvalue weighted by molar-refractivity contribution is -0.128. The molecule has 5 nitrogen and oxygen atoms in total. The van der Waals surface area contributed by atoms with E-state index < -0.39 is 0 Å². The molecule has 0 aliphatic heterocycles. The molecule has 4 N–H and O–H groups in total. The van der Waals surface area contributed by atoms with Crippen LogP contribution in [0, 0.1) is 5.92 Å². The molecule has 2 fully saturated rings. The number of carbonyl (C=O) groups excluding carboxylic acids is 2. The molecule has 6 heteroatoms. The van der Waals surface area contributed by atoms with Gasteiger partial charge in [0.05, 0.1) is 6.54 Å². The standard InChI is InChI=1S/C14H25N3O2.ClH/c15-11-7-6-10(8-11)14(19)16-9-13(18)17-12-4-2-1-3-5-12;/h10-12H,1-9,15H2,(H,16,19)(H,17,18);1H. The van der Waals surface area contributed by atoms with Crippen molar-refractivity contribution >= 4 is 24.2 Å². The van der Waals surface area contributed by atoms with Gasteiger partial charge in [-0.15, -0.1) is 12.4 Å².